The van der Waals surface area contributed by atoms with Gasteiger partial charge in [0, 0.05) is 17.3 Å². The van der Waals surface area contributed by atoms with E-state index in [-0.39, 0.29) is 12.1 Å². The molecule has 1 atom stereocenters. The molecule has 5 heteroatoms. The Bertz CT molecular complexity index is 454. The van der Waals surface area contributed by atoms with Crippen molar-refractivity contribution in [1.29, 1.82) is 0 Å². The van der Waals surface area contributed by atoms with Crippen molar-refractivity contribution >= 4 is 17.4 Å². The SMILES string of the molecule is CC(C)CCCC(C)NC(=O)NCc1csc(C2CC2)n1. The zero-order valence-corrected chi connectivity index (χ0v) is 14.1. The second kappa shape index (κ2) is 7.78. The third-order valence-corrected chi connectivity index (χ3v) is 4.78. The highest BCUT2D eigenvalue weighted by Gasteiger charge is 2.26. The summed E-state index contributed by atoms with van der Waals surface area (Å²) in [5.41, 5.74) is 0.976. The smallest absolute Gasteiger partial charge is 0.315 e. The quantitative estimate of drug-likeness (QED) is 0.761. The molecule has 0 bridgehead atoms. The van der Waals surface area contributed by atoms with Gasteiger partial charge in [0.25, 0.3) is 0 Å². The molecule has 1 saturated carbocycles. The largest absolute Gasteiger partial charge is 0.336 e. The van der Waals surface area contributed by atoms with Crippen molar-refractivity contribution in [2.75, 3.05) is 0 Å². The van der Waals surface area contributed by atoms with Gasteiger partial charge in [-0.1, -0.05) is 26.7 Å². The molecule has 1 unspecified atom stereocenters. The monoisotopic (exact) mass is 309 g/mol. The van der Waals surface area contributed by atoms with Crippen LogP contribution in [0.25, 0.3) is 0 Å². The van der Waals surface area contributed by atoms with Crippen LogP contribution in [0, 0.1) is 5.92 Å². The molecule has 0 spiro atoms. The summed E-state index contributed by atoms with van der Waals surface area (Å²) in [5.74, 6) is 1.43. The van der Waals surface area contributed by atoms with Crippen LogP contribution in [0.1, 0.15) is 69.5 Å². The lowest BCUT2D eigenvalue weighted by molar-refractivity contribution is 0.236. The maximum Gasteiger partial charge on any atom is 0.315 e. The average Bonchev–Trinajstić information content (AvgIpc) is 3.15. The van der Waals surface area contributed by atoms with Gasteiger partial charge in [-0.25, -0.2) is 9.78 Å². The van der Waals surface area contributed by atoms with Gasteiger partial charge in [-0.2, -0.15) is 0 Å². The first-order valence-corrected chi connectivity index (χ1v) is 8.91. The molecule has 1 aliphatic rings. The zero-order valence-electron chi connectivity index (χ0n) is 13.3. The molecule has 2 amide bonds. The molecule has 0 saturated heterocycles. The van der Waals surface area contributed by atoms with Crippen LogP contribution in [0.15, 0.2) is 5.38 Å². The molecule has 21 heavy (non-hydrogen) atoms. The van der Waals surface area contributed by atoms with E-state index in [0.717, 1.165) is 24.5 Å². The second-order valence-electron chi connectivity index (χ2n) is 6.50. The standard InChI is InChI=1S/C16H27N3OS/c1-11(2)5-4-6-12(3)18-16(20)17-9-14-10-21-15(19-14)13-7-8-13/h10-13H,4-9H2,1-3H3,(H2,17,18,20). The first-order chi connectivity index (χ1) is 10.0. The summed E-state index contributed by atoms with van der Waals surface area (Å²) >= 11 is 1.72. The van der Waals surface area contributed by atoms with Crippen LogP contribution in [0.5, 0.6) is 0 Å². The van der Waals surface area contributed by atoms with E-state index >= 15 is 0 Å². The number of carbonyl (C=O) groups excluding carboxylic acids is 1. The summed E-state index contributed by atoms with van der Waals surface area (Å²) in [6.45, 7) is 7.05. The van der Waals surface area contributed by atoms with Crippen molar-refractivity contribution in [3.63, 3.8) is 0 Å². The molecular weight excluding hydrogens is 282 g/mol. The Labute approximate surface area is 131 Å². The Morgan fingerprint density at radius 2 is 2.14 bits per heavy atom. The Morgan fingerprint density at radius 3 is 2.81 bits per heavy atom. The number of rotatable bonds is 8. The molecule has 1 fully saturated rings. The molecule has 0 aliphatic heterocycles. The maximum atomic E-state index is 11.8. The highest BCUT2D eigenvalue weighted by Crippen LogP contribution is 2.41. The number of hydrogen-bond acceptors (Lipinski definition) is 3. The molecule has 1 aliphatic carbocycles. The van der Waals surface area contributed by atoms with Crippen LogP contribution in [0.3, 0.4) is 0 Å². The first-order valence-electron chi connectivity index (χ1n) is 8.03. The third kappa shape index (κ3) is 6.04. The summed E-state index contributed by atoms with van der Waals surface area (Å²) in [6.07, 6.45) is 5.96. The highest BCUT2D eigenvalue weighted by molar-refractivity contribution is 7.09. The summed E-state index contributed by atoms with van der Waals surface area (Å²) in [7, 11) is 0. The lowest BCUT2D eigenvalue weighted by atomic mass is 10.0. The first kappa shape index (κ1) is 16.3. The molecule has 1 aromatic heterocycles. The number of aromatic nitrogens is 1. The van der Waals surface area contributed by atoms with E-state index in [4.69, 9.17) is 0 Å². The molecule has 1 heterocycles. The minimum Gasteiger partial charge on any atom is -0.336 e. The van der Waals surface area contributed by atoms with Crippen LogP contribution < -0.4 is 10.6 Å². The Kier molecular flexibility index (Phi) is 6.03. The van der Waals surface area contributed by atoms with E-state index in [9.17, 15) is 4.79 Å². The molecule has 4 nitrogen and oxygen atoms in total. The summed E-state index contributed by atoms with van der Waals surface area (Å²) in [4.78, 5) is 16.4. The van der Waals surface area contributed by atoms with Gasteiger partial charge in [-0.05, 0) is 32.1 Å². The van der Waals surface area contributed by atoms with Crippen molar-refractivity contribution in [2.45, 2.75) is 71.4 Å². The molecule has 118 valence electrons. The van der Waals surface area contributed by atoms with Gasteiger partial charge in [-0.15, -0.1) is 11.3 Å². The van der Waals surface area contributed by atoms with E-state index in [1.807, 2.05) is 0 Å². The van der Waals surface area contributed by atoms with Gasteiger partial charge in [0.2, 0.25) is 0 Å². The number of urea groups is 1. The molecule has 0 radical (unpaired) electrons. The third-order valence-electron chi connectivity index (χ3n) is 3.72. The number of amides is 2. The van der Waals surface area contributed by atoms with Crippen LogP contribution in [-0.4, -0.2) is 17.1 Å². The van der Waals surface area contributed by atoms with Crippen molar-refractivity contribution in [3.05, 3.63) is 16.1 Å². The summed E-state index contributed by atoms with van der Waals surface area (Å²) < 4.78 is 0. The van der Waals surface area contributed by atoms with Crippen molar-refractivity contribution < 1.29 is 4.79 Å². The number of nitrogens with zero attached hydrogens (tertiary/aromatic N) is 1. The van der Waals surface area contributed by atoms with Gasteiger partial charge < -0.3 is 10.6 Å². The molecule has 1 aromatic rings. The lowest BCUT2D eigenvalue weighted by Crippen LogP contribution is -2.40. The molecular formula is C16H27N3OS. The fraction of sp³-hybridized carbons (Fsp3) is 0.750. The zero-order chi connectivity index (χ0) is 15.2. The predicted octanol–water partition coefficient (Wildman–Crippen LogP) is 4.03. The number of hydrogen-bond donors (Lipinski definition) is 2. The predicted molar refractivity (Wildman–Crippen MR) is 87.6 cm³/mol. The van der Waals surface area contributed by atoms with Crippen LogP contribution in [-0.2, 0) is 6.54 Å². The molecule has 2 rings (SSSR count). The Hall–Kier alpha value is -1.10. The van der Waals surface area contributed by atoms with Crippen LogP contribution >= 0.6 is 11.3 Å². The van der Waals surface area contributed by atoms with E-state index in [1.54, 1.807) is 11.3 Å². The Balaban J connectivity index is 1.61. The van der Waals surface area contributed by atoms with Gasteiger partial charge in [0.05, 0.1) is 17.2 Å². The van der Waals surface area contributed by atoms with Crippen molar-refractivity contribution in [3.8, 4) is 0 Å². The average molecular weight is 309 g/mol. The van der Waals surface area contributed by atoms with Crippen molar-refractivity contribution in [1.82, 2.24) is 15.6 Å². The number of carbonyl (C=O) groups is 1. The van der Waals surface area contributed by atoms with E-state index in [1.165, 1.54) is 24.3 Å². The van der Waals surface area contributed by atoms with Gasteiger partial charge >= 0.3 is 6.03 Å². The minimum atomic E-state index is -0.0898. The second-order valence-corrected chi connectivity index (χ2v) is 7.39. The van der Waals surface area contributed by atoms with E-state index in [2.05, 4.69) is 41.8 Å². The number of nitrogens with one attached hydrogen (secondary N) is 2. The lowest BCUT2D eigenvalue weighted by Gasteiger charge is -2.14. The Morgan fingerprint density at radius 1 is 1.38 bits per heavy atom. The van der Waals surface area contributed by atoms with Gasteiger partial charge in [-0.3, -0.25) is 0 Å². The highest BCUT2D eigenvalue weighted by atomic mass is 32.1. The normalized spacial score (nSPS) is 16.0. The minimum absolute atomic E-state index is 0.0898. The van der Waals surface area contributed by atoms with Crippen LogP contribution in [0.4, 0.5) is 4.79 Å². The number of thiazole rings is 1. The topological polar surface area (TPSA) is 54.0 Å². The van der Waals surface area contributed by atoms with Crippen LogP contribution in [0.2, 0.25) is 0 Å². The fourth-order valence-corrected chi connectivity index (χ4v) is 3.26. The fourth-order valence-electron chi connectivity index (χ4n) is 2.27. The molecule has 2 N–H and O–H groups in total. The van der Waals surface area contributed by atoms with E-state index < -0.39 is 0 Å². The maximum absolute atomic E-state index is 11.8. The summed E-state index contributed by atoms with van der Waals surface area (Å²) in [6, 6.07) is 0.134. The molecule has 0 aromatic carbocycles. The van der Waals surface area contributed by atoms with Gasteiger partial charge in [0.1, 0.15) is 0 Å². The van der Waals surface area contributed by atoms with Crippen molar-refractivity contribution in [2.24, 2.45) is 5.92 Å². The summed E-state index contributed by atoms with van der Waals surface area (Å²) in [5, 5.41) is 9.17. The van der Waals surface area contributed by atoms with E-state index in [0.29, 0.717) is 12.5 Å². The van der Waals surface area contributed by atoms with Gasteiger partial charge in [0.15, 0.2) is 0 Å².